The fraction of sp³-hybridized carbons (Fsp3) is 0.333. The van der Waals surface area contributed by atoms with Crippen LogP contribution < -0.4 is 5.73 Å². The monoisotopic (exact) mass is 331 g/mol. The minimum Gasteiger partial charge on any atom is -0.323 e. The van der Waals surface area contributed by atoms with E-state index in [2.05, 4.69) is 0 Å². The van der Waals surface area contributed by atoms with Crippen molar-refractivity contribution in [2.45, 2.75) is 25.1 Å². The van der Waals surface area contributed by atoms with E-state index in [0.29, 0.717) is 11.5 Å². The molecule has 0 spiro atoms. The number of hydrogen-bond donors (Lipinski definition) is 1. The smallest absolute Gasteiger partial charge is 0.323 e. The first-order chi connectivity index (χ1) is 9.86. The Morgan fingerprint density at radius 1 is 1.19 bits per heavy atom. The molecule has 1 aromatic carbocycles. The van der Waals surface area contributed by atoms with Crippen molar-refractivity contribution in [3.05, 3.63) is 45.8 Å². The minimum absolute atomic E-state index is 0.0250. The lowest BCUT2D eigenvalue weighted by atomic mass is 10.1. The molecule has 1 heterocycles. The van der Waals surface area contributed by atoms with Crippen LogP contribution in [0.5, 0.6) is 0 Å². The third kappa shape index (κ3) is 3.10. The molecule has 1 fully saturated rings. The Kier molecular flexibility index (Phi) is 3.76. The maximum Gasteiger partial charge on any atom is 0.416 e. The molecule has 0 amide bonds. The Balaban J connectivity index is 1.90. The molecule has 0 aliphatic heterocycles. The highest BCUT2D eigenvalue weighted by atomic mass is 35.5. The van der Waals surface area contributed by atoms with Crippen molar-refractivity contribution in [3.8, 4) is 10.4 Å². The molecule has 1 aliphatic rings. The fourth-order valence-electron chi connectivity index (χ4n) is 2.26. The highest BCUT2D eigenvalue weighted by Crippen LogP contribution is 2.44. The Hall–Kier alpha value is -1.04. The van der Waals surface area contributed by atoms with Gasteiger partial charge in [-0.2, -0.15) is 13.2 Å². The van der Waals surface area contributed by atoms with Crippen molar-refractivity contribution in [2.24, 2.45) is 11.7 Å². The second kappa shape index (κ2) is 5.30. The van der Waals surface area contributed by atoms with Gasteiger partial charge in [0.25, 0.3) is 0 Å². The molecule has 2 aromatic rings. The van der Waals surface area contributed by atoms with Crippen LogP contribution >= 0.6 is 22.9 Å². The van der Waals surface area contributed by atoms with Crippen molar-refractivity contribution in [1.82, 2.24) is 0 Å². The lowest BCUT2D eigenvalue weighted by Crippen LogP contribution is -2.10. The van der Waals surface area contributed by atoms with Gasteiger partial charge in [0, 0.05) is 26.4 Å². The molecule has 6 heteroatoms. The zero-order valence-electron chi connectivity index (χ0n) is 11.0. The number of hydrogen-bond acceptors (Lipinski definition) is 2. The Bertz CT molecular complexity index is 661. The third-order valence-corrected chi connectivity index (χ3v) is 5.18. The van der Waals surface area contributed by atoms with E-state index in [0.717, 1.165) is 34.7 Å². The summed E-state index contributed by atoms with van der Waals surface area (Å²) in [4.78, 5) is 1.91. The molecule has 1 aliphatic carbocycles. The number of rotatable bonds is 3. The number of halogens is 4. The summed E-state index contributed by atoms with van der Waals surface area (Å²) in [5, 5.41) is 0.109. The zero-order chi connectivity index (χ0) is 15.2. The minimum atomic E-state index is -4.38. The molecule has 1 atom stereocenters. The predicted octanol–water partition coefficient (Wildman–Crippen LogP) is 5.50. The number of alkyl halides is 3. The highest BCUT2D eigenvalue weighted by molar-refractivity contribution is 7.15. The van der Waals surface area contributed by atoms with Crippen LogP contribution in [0.3, 0.4) is 0 Å². The normalized spacial score (nSPS) is 17.0. The maximum atomic E-state index is 12.6. The molecule has 1 aromatic heterocycles. The van der Waals surface area contributed by atoms with Gasteiger partial charge in [-0.3, -0.25) is 0 Å². The van der Waals surface area contributed by atoms with Crippen LogP contribution in [-0.4, -0.2) is 0 Å². The quantitative estimate of drug-likeness (QED) is 0.790. The lowest BCUT2D eigenvalue weighted by molar-refractivity contribution is -0.137. The van der Waals surface area contributed by atoms with Gasteiger partial charge in [0.2, 0.25) is 0 Å². The number of thiophene rings is 1. The molecule has 21 heavy (non-hydrogen) atoms. The Morgan fingerprint density at radius 2 is 1.90 bits per heavy atom. The van der Waals surface area contributed by atoms with E-state index >= 15 is 0 Å². The molecule has 3 rings (SSSR count). The van der Waals surface area contributed by atoms with Crippen molar-refractivity contribution >= 4 is 22.9 Å². The average Bonchev–Trinajstić information content (AvgIpc) is 3.15. The SMILES string of the molecule is NC(c1ccc(-c2ccc(C(F)(F)F)cc2Cl)s1)C1CC1. The van der Waals surface area contributed by atoms with Crippen LogP contribution in [0, 0.1) is 5.92 Å². The molecule has 1 saturated carbocycles. The summed E-state index contributed by atoms with van der Waals surface area (Å²) in [5.41, 5.74) is 6.02. The fourth-order valence-corrected chi connectivity index (χ4v) is 3.74. The van der Waals surface area contributed by atoms with Gasteiger partial charge in [-0.1, -0.05) is 17.7 Å². The van der Waals surface area contributed by atoms with Crippen molar-refractivity contribution < 1.29 is 13.2 Å². The van der Waals surface area contributed by atoms with E-state index in [9.17, 15) is 13.2 Å². The van der Waals surface area contributed by atoms with E-state index in [1.165, 1.54) is 17.4 Å². The first-order valence-electron chi connectivity index (χ1n) is 6.58. The average molecular weight is 332 g/mol. The Labute approximate surface area is 129 Å². The van der Waals surface area contributed by atoms with E-state index < -0.39 is 11.7 Å². The summed E-state index contributed by atoms with van der Waals surface area (Å²) in [6, 6.07) is 7.28. The van der Waals surface area contributed by atoms with E-state index in [1.54, 1.807) is 0 Å². The van der Waals surface area contributed by atoms with E-state index in [4.69, 9.17) is 17.3 Å². The molecule has 0 radical (unpaired) electrons. The number of benzene rings is 1. The molecule has 1 unspecified atom stereocenters. The van der Waals surface area contributed by atoms with Crippen molar-refractivity contribution in [3.63, 3.8) is 0 Å². The molecular weight excluding hydrogens is 319 g/mol. The maximum absolute atomic E-state index is 12.6. The van der Waals surface area contributed by atoms with Gasteiger partial charge < -0.3 is 5.73 Å². The van der Waals surface area contributed by atoms with Crippen LogP contribution in [0.4, 0.5) is 13.2 Å². The molecule has 0 bridgehead atoms. The summed E-state index contributed by atoms with van der Waals surface area (Å²) in [7, 11) is 0. The topological polar surface area (TPSA) is 26.0 Å². The van der Waals surface area contributed by atoms with Crippen molar-refractivity contribution in [2.75, 3.05) is 0 Å². The largest absolute Gasteiger partial charge is 0.416 e. The summed E-state index contributed by atoms with van der Waals surface area (Å²) >= 11 is 7.51. The Morgan fingerprint density at radius 3 is 2.48 bits per heavy atom. The first-order valence-corrected chi connectivity index (χ1v) is 7.78. The van der Waals surface area contributed by atoms with Gasteiger partial charge in [0.15, 0.2) is 0 Å². The third-order valence-electron chi connectivity index (χ3n) is 3.65. The van der Waals surface area contributed by atoms with Gasteiger partial charge in [-0.15, -0.1) is 11.3 Å². The molecular formula is C15H13ClF3NS. The van der Waals surface area contributed by atoms with Gasteiger partial charge in [-0.05, 0) is 43.0 Å². The van der Waals surface area contributed by atoms with Crippen LogP contribution in [0.15, 0.2) is 30.3 Å². The van der Waals surface area contributed by atoms with Crippen molar-refractivity contribution in [1.29, 1.82) is 0 Å². The molecule has 1 nitrogen and oxygen atoms in total. The predicted molar refractivity (Wildman–Crippen MR) is 79.4 cm³/mol. The summed E-state index contributed by atoms with van der Waals surface area (Å²) < 4.78 is 37.9. The second-order valence-electron chi connectivity index (χ2n) is 5.26. The van der Waals surface area contributed by atoms with E-state index in [1.807, 2.05) is 12.1 Å². The standard InChI is InChI=1S/C15H13ClF3NS/c16-11-7-9(15(17,18)19)3-4-10(11)12-5-6-13(21-12)14(20)8-1-2-8/h3-8,14H,1-2,20H2. The molecule has 0 saturated heterocycles. The molecule has 112 valence electrons. The first kappa shape index (κ1) is 14.9. The lowest BCUT2D eigenvalue weighted by Gasteiger charge is -2.09. The van der Waals surface area contributed by atoms with Crippen LogP contribution in [0.1, 0.15) is 29.3 Å². The second-order valence-corrected chi connectivity index (χ2v) is 6.78. The zero-order valence-corrected chi connectivity index (χ0v) is 12.5. The van der Waals surface area contributed by atoms with Crippen LogP contribution in [-0.2, 0) is 6.18 Å². The highest BCUT2D eigenvalue weighted by Gasteiger charge is 2.32. The van der Waals surface area contributed by atoms with E-state index in [-0.39, 0.29) is 11.1 Å². The van der Waals surface area contributed by atoms with Crippen LogP contribution in [0.25, 0.3) is 10.4 Å². The van der Waals surface area contributed by atoms with Gasteiger partial charge >= 0.3 is 6.18 Å². The van der Waals surface area contributed by atoms with Gasteiger partial charge in [0.1, 0.15) is 0 Å². The number of nitrogens with two attached hydrogens (primary N) is 1. The molecule has 2 N–H and O–H groups in total. The van der Waals surface area contributed by atoms with Gasteiger partial charge in [-0.25, -0.2) is 0 Å². The van der Waals surface area contributed by atoms with Gasteiger partial charge in [0.05, 0.1) is 5.56 Å². The van der Waals surface area contributed by atoms with Crippen LogP contribution in [0.2, 0.25) is 5.02 Å². The summed E-state index contributed by atoms with van der Waals surface area (Å²) in [6.07, 6.45) is -2.08. The summed E-state index contributed by atoms with van der Waals surface area (Å²) in [5.74, 6) is 0.541. The summed E-state index contributed by atoms with van der Waals surface area (Å²) in [6.45, 7) is 0.